The Balaban J connectivity index is 1.40. The van der Waals surface area contributed by atoms with Crippen molar-refractivity contribution < 1.29 is 10.2 Å². The van der Waals surface area contributed by atoms with Crippen LogP contribution in [0.4, 0.5) is 0 Å². The minimum Gasteiger partial charge on any atom is -0.392 e. The molecule has 0 aromatic rings. The van der Waals surface area contributed by atoms with E-state index in [1.165, 1.54) is 12.8 Å². The highest BCUT2D eigenvalue weighted by Gasteiger charge is 2.24. The molecule has 2 N–H and O–H groups in total. The van der Waals surface area contributed by atoms with Crippen LogP contribution in [0.3, 0.4) is 0 Å². The van der Waals surface area contributed by atoms with Gasteiger partial charge >= 0.3 is 0 Å². The van der Waals surface area contributed by atoms with E-state index in [2.05, 4.69) is 12.4 Å². The molecule has 4 atom stereocenters. The van der Waals surface area contributed by atoms with Crippen LogP contribution in [0.2, 0.25) is 0 Å². The lowest BCUT2D eigenvalue weighted by Gasteiger charge is -2.28. The Morgan fingerprint density at radius 1 is 0.542 bits per heavy atom. The maximum Gasteiger partial charge on any atom is 0.0617 e. The van der Waals surface area contributed by atoms with Crippen LogP contribution in [0.5, 0.6) is 0 Å². The Morgan fingerprint density at radius 3 is 1.29 bits per heavy atom. The Hall–Kier alpha value is -0.740. The van der Waals surface area contributed by atoms with Gasteiger partial charge in [0.25, 0.3) is 0 Å². The van der Waals surface area contributed by atoms with E-state index in [-0.39, 0.29) is 24.0 Å². The Bertz CT molecular complexity index is 389. The topological polar surface area (TPSA) is 65.2 Å². The molecular weight excluding hydrogens is 300 g/mol. The third kappa shape index (κ3) is 5.13. The molecule has 4 heteroatoms. The molecule has 0 bridgehead atoms. The van der Waals surface area contributed by atoms with Crippen LogP contribution in [0.15, 0.2) is 9.98 Å². The van der Waals surface area contributed by atoms with Crippen molar-refractivity contribution in [3.05, 3.63) is 0 Å². The van der Waals surface area contributed by atoms with Gasteiger partial charge in [-0.15, -0.1) is 0 Å². The van der Waals surface area contributed by atoms with Crippen molar-refractivity contribution in [3.8, 4) is 0 Å². The average Bonchev–Trinajstić information content (AvgIpc) is 2.61. The highest BCUT2D eigenvalue weighted by atomic mass is 16.3. The maximum absolute atomic E-state index is 10.0. The van der Waals surface area contributed by atoms with Crippen molar-refractivity contribution in [1.82, 2.24) is 0 Å². The molecule has 0 aliphatic heterocycles. The quantitative estimate of drug-likeness (QED) is 0.772. The van der Waals surface area contributed by atoms with Gasteiger partial charge < -0.3 is 10.2 Å². The first kappa shape index (κ1) is 18.1. The maximum atomic E-state index is 10.0. The predicted octanol–water partition coefficient (Wildman–Crippen LogP) is 3.54. The fourth-order valence-corrected chi connectivity index (χ4v) is 4.45. The SMILES string of the molecule is OC1CCCCC1C=NC1CCC(N=CC2CCCCC2O)CC1. The lowest BCUT2D eigenvalue weighted by atomic mass is 9.86. The van der Waals surface area contributed by atoms with Crippen molar-refractivity contribution in [2.24, 2.45) is 21.8 Å². The molecule has 136 valence electrons. The molecule has 24 heavy (non-hydrogen) atoms. The molecule has 3 fully saturated rings. The van der Waals surface area contributed by atoms with E-state index in [9.17, 15) is 10.2 Å². The number of aliphatic hydroxyl groups excluding tert-OH is 2. The van der Waals surface area contributed by atoms with Crippen LogP contribution >= 0.6 is 0 Å². The molecule has 0 heterocycles. The van der Waals surface area contributed by atoms with Gasteiger partial charge in [0, 0.05) is 36.3 Å². The van der Waals surface area contributed by atoms with Gasteiger partial charge in [-0.3, -0.25) is 9.98 Å². The fraction of sp³-hybridized carbons (Fsp3) is 0.900. The van der Waals surface area contributed by atoms with E-state index in [1.807, 2.05) is 0 Å². The summed E-state index contributed by atoms with van der Waals surface area (Å²) in [5, 5.41) is 20.0. The first-order chi connectivity index (χ1) is 11.7. The highest BCUT2D eigenvalue weighted by Crippen LogP contribution is 2.27. The number of hydrogen-bond acceptors (Lipinski definition) is 4. The molecule has 0 spiro atoms. The number of aliphatic imine (C=N–C) groups is 2. The second kappa shape index (κ2) is 9.10. The molecule has 4 unspecified atom stereocenters. The molecule has 4 nitrogen and oxygen atoms in total. The smallest absolute Gasteiger partial charge is 0.0617 e. The first-order valence-corrected chi connectivity index (χ1v) is 10.1. The van der Waals surface area contributed by atoms with Crippen molar-refractivity contribution in [2.75, 3.05) is 0 Å². The Kier molecular flexibility index (Phi) is 6.85. The van der Waals surface area contributed by atoms with Crippen molar-refractivity contribution in [1.29, 1.82) is 0 Å². The summed E-state index contributed by atoms with van der Waals surface area (Å²) in [4.78, 5) is 9.55. The zero-order chi connectivity index (χ0) is 16.8. The van der Waals surface area contributed by atoms with Crippen LogP contribution in [-0.2, 0) is 0 Å². The van der Waals surface area contributed by atoms with E-state index in [0.29, 0.717) is 12.1 Å². The van der Waals surface area contributed by atoms with Gasteiger partial charge in [0.15, 0.2) is 0 Å². The first-order valence-electron chi connectivity index (χ1n) is 10.1. The normalized spacial score (nSPS) is 41.9. The Labute approximate surface area is 146 Å². The summed E-state index contributed by atoms with van der Waals surface area (Å²) in [6.45, 7) is 0. The van der Waals surface area contributed by atoms with E-state index >= 15 is 0 Å². The molecule has 3 aliphatic rings. The third-order valence-corrected chi connectivity index (χ3v) is 6.21. The molecule has 3 saturated carbocycles. The molecule has 0 aromatic heterocycles. The van der Waals surface area contributed by atoms with Crippen LogP contribution < -0.4 is 0 Å². The summed E-state index contributed by atoms with van der Waals surface area (Å²) in [5.41, 5.74) is 0. The van der Waals surface area contributed by atoms with Gasteiger partial charge in [-0.2, -0.15) is 0 Å². The minimum absolute atomic E-state index is 0.176. The summed E-state index contributed by atoms with van der Waals surface area (Å²) >= 11 is 0. The summed E-state index contributed by atoms with van der Waals surface area (Å²) in [5.74, 6) is 0.560. The van der Waals surface area contributed by atoms with E-state index in [4.69, 9.17) is 9.98 Å². The van der Waals surface area contributed by atoms with Gasteiger partial charge in [0.05, 0.1) is 12.2 Å². The highest BCUT2D eigenvalue weighted by molar-refractivity contribution is 5.62. The molecule has 3 rings (SSSR count). The number of hydrogen-bond donors (Lipinski definition) is 2. The van der Waals surface area contributed by atoms with Gasteiger partial charge in [-0.25, -0.2) is 0 Å². The largest absolute Gasteiger partial charge is 0.392 e. The molecular formula is C20H34N2O2. The molecule has 0 aromatic carbocycles. The standard InChI is InChI=1S/C20H34N2O2/c23-19-7-3-1-5-15(19)13-21-17-9-11-18(12-10-17)22-14-16-6-2-4-8-20(16)24/h13-20,23-24H,1-12H2. The van der Waals surface area contributed by atoms with Gasteiger partial charge in [-0.1, -0.05) is 25.7 Å². The lowest BCUT2D eigenvalue weighted by Crippen LogP contribution is -2.28. The van der Waals surface area contributed by atoms with Gasteiger partial charge in [-0.05, 0) is 51.4 Å². The van der Waals surface area contributed by atoms with Gasteiger partial charge in [0.2, 0.25) is 0 Å². The van der Waals surface area contributed by atoms with Crippen molar-refractivity contribution in [2.45, 2.75) is 101 Å². The van der Waals surface area contributed by atoms with E-state index in [0.717, 1.165) is 64.2 Å². The van der Waals surface area contributed by atoms with E-state index in [1.54, 1.807) is 0 Å². The summed E-state index contributed by atoms with van der Waals surface area (Å²) in [7, 11) is 0. The summed E-state index contributed by atoms with van der Waals surface area (Å²) in [6.07, 6.45) is 17.0. The van der Waals surface area contributed by atoms with Crippen LogP contribution in [0.25, 0.3) is 0 Å². The number of nitrogens with zero attached hydrogens (tertiary/aromatic N) is 2. The monoisotopic (exact) mass is 334 g/mol. The fourth-order valence-electron chi connectivity index (χ4n) is 4.45. The number of aliphatic hydroxyl groups is 2. The number of rotatable bonds is 4. The minimum atomic E-state index is -0.176. The van der Waals surface area contributed by atoms with Gasteiger partial charge in [0.1, 0.15) is 0 Å². The summed E-state index contributed by atoms with van der Waals surface area (Å²) in [6, 6.07) is 0.844. The second-order valence-corrected chi connectivity index (χ2v) is 8.09. The van der Waals surface area contributed by atoms with E-state index < -0.39 is 0 Å². The van der Waals surface area contributed by atoms with Crippen molar-refractivity contribution in [3.63, 3.8) is 0 Å². The molecule has 0 radical (unpaired) electrons. The van der Waals surface area contributed by atoms with Crippen LogP contribution in [0, 0.1) is 11.8 Å². The predicted molar refractivity (Wildman–Crippen MR) is 99.0 cm³/mol. The zero-order valence-electron chi connectivity index (χ0n) is 14.9. The van der Waals surface area contributed by atoms with Crippen LogP contribution in [-0.4, -0.2) is 46.9 Å². The average molecular weight is 335 g/mol. The third-order valence-electron chi connectivity index (χ3n) is 6.21. The lowest BCUT2D eigenvalue weighted by molar-refractivity contribution is 0.103. The zero-order valence-corrected chi connectivity index (χ0v) is 14.9. The molecule has 0 amide bonds. The second-order valence-electron chi connectivity index (χ2n) is 8.09. The molecule has 3 aliphatic carbocycles. The van der Waals surface area contributed by atoms with Crippen LogP contribution in [0.1, 0.15) is 77.0 Å². The van der Waals surface area contributed by atoms with Crippen molar-refractivity contribution >= 4 is 12.4 Å². The Morgan fingerprint density at radius 2 is 0.917 bits per heavy atom. The summed E-state index contributed by atoms with van der Waals surface area (Å²) < 4.78 is 0. The molecule has 0 saturated heterocycles.